The third kappa shape index (κ3) is 3.61. The summed E-state index contributed by atoms with van der Waals surface area (Å²) < 4.78 is 5.32. The maximum Gasteiger partial charge on any atom is 0.203 e. The van der Waals surface area contributed by atoms with Gasteiger partial charge in [-0.15, -0.1) is 0 Å². The van der Waals surface area contributed by atoms with Crippen LogP contribution in [0.15, 0.2) is 16.5 Å². The number of hydrogen-bond acceptors (Lipinski definition) is 3. The molecule has 1 heterocycles. The van der Waals surface area contributed by atoms with Gasteiger partial charge in [-0.05, 0) is 43.4 Å². The van der Waals surface area contributed by atoms with Crippen LogP contribution in [-0.2, 0) is 6.54 Å². The van der Waals surface area contributed by atoms with Gasteiger partial charge >= 0.3 is 0 Å². The van der Waals surface area contributed by atoms with Crippen molar-refractivity contribution in [2.24, 2.45) is 11.8 Å². The Balaban J connectivity index is 1.67. The number of nitrogens with zero attached hydrogens (tertiary/aromatic N) is 1. The molecule has 0 radical (unpaired) electrons. The molecule has 0 aromatic carbocycles. The van der Waals surface area contributed by atoms with E-state index in [4.69, 9.17) is 9.68 Å². The average Bonchev–Trinajstić information content (AvgIpc) is 2.80. The Morgan fingerprint density at radius 2 is 2.12 bits per heavy atom. The van der Waals surface area contributed by atoms with Gasteiger partial charge in [0.1, 0.15) is 11.8 Å². The number of furan rings is 1. The second-order valence-electron chi connectivity index (χ2n) is 5.13. The van der Waals surface area contributed by atoms with E-state index in [0.717, 1.165) is 30.7 Å². The number of nitrogens with one attached hydrogen (secondary N) is 1. The van der Waals surface area contributed by atoms with Crippen molar-refractivity contribution in [2.75, 3.05) is 6.54 Å². The molecule has 2 rings (SSSR count). The van der Waals surface area contributed by atoms with Gasteiger partial charge in [-0.2, -0.15) is 5.26 Å². The predicted octanol–water partition coefficient (Wildman–Crippen LogP) is 3.07. The molecule has 0 atom stereocenters. The Hall–Kier alpha value is -1.27. The second kappa shape index (κ2) is 5.88. The number of hydrogen-bond donors (Lipinski definition) is 1. The molecule has 1 aromatic heterocycles. The fraction of sp³-hybridized carbons (Fsp3) is 0.643. The van der Waals surface area contributed by atoms with Crippen LogP contribution in [0.3, 0.4) is 0 Å². The van der Waals surface area contributed by atoms with Gasteiger partial charge < -0.3 is 9.73 Å². The van der Waals surface area contributed by atoms with E-state index in [2.05, 4.69) is 12.2 Å². The summed E-state index contributed by atoms with van der Waals surface area (Å²) in [7, 11) is 0. The van der Waals surface area contributed by atoms with Crippen molar-refractivity contribution in [3.05, 3.63) is 23.7 Å². The summed E-state index contributed by atoms with van der Waals surface area (Å²) in [5, 5.41) is 12.1. The van der Waals surface area contributed by atoms with Crippen molar-refractivity contribution in [3.8, 4) is 6.07 Å². The third-order valence-electron chi connectivity index (χ3n) is 3.64. The third-order valence-corrected chi connectivity index (χ3v) is 3.64. The lowest BCUT2D eigenvalue weighted by Crippen LogP contribution is -2.25. The highest BCUT2D eigenvalue weighted by Crippen LogP contribution is 2.27. The molecule has 3 nitrogen and oxygen atoms in total. The van der Waals surface area contributed by atoms with Gasteiger partial charge in [-0.3, -0.25) is 0 Å². The van der Waals surface area contributed by atoms with Crippen LogP contribution in [0, 0.1) is 23.2 Å². The standard InChI is InChI=1S/C14H20N2O/c1-11-2-4-12(5-3-11)9-16-10-14-7-6-13(8-15)17-14/h6-7,11-12,16H,2-5,9-10H2,1H3. The Bertz CT molecular complexity index is 383. The second-order valence-corrected chi connectivity index (χ2v) is 5.13. The van der Waals surface area contributed by atoms with Crippen LogP contribution in [0.5, 0.6) is 0 Å². The maximum absolute atomic E-state index is 8.64. The molecule has 0 unspecified atom stereocenters. The Morgan fingerprint density at radius 3 is 2.76 bits per heavy atom. The Labute approximate surface area is 103 Å². The Morgan fingerprint density at radius 1 is 1.35 bits per heavy atom. The summed E-state index contributed by atoms with van der Waals surface area (Å²) >= 11 is 0. The summed E-state index contributed by atoms with van der Waals surface area (Å²) in [5.41, 5.74) is 0. The lowest BCUT2D eigenvalue weighted by Gasteiger charge is -2.26. The molecule has 0 bridgehead atoms. The van der Waals surface area contributed by atoms with Crippen LogP contribution in [-0.4, -0.2) is 6.54 Å². The molecule has 1 aromatic rings. The molecule has 0 amide bonds. The monoisotopic (exact) mass is 232 g/mol. The van der Waals surface area contributed by atoms with E-state index >= 15 is 0 Å². The van der Waals surface area contributed by atoms with E-state index in [1.54, 1.807) is 6.07 Å². The molecule has 1 fully saturated rings. The highest BCUT2D eigenvalue weighted by Gasteiger charge is 2.17. The molecule has 1 aliphatic carbocycles. The molecular formula is C14H20N2O. The van der Waals surface area contributed by atoms with E-state index in [1.807, 2.05) is 12.1 Å². The van der Waals surface area contributed by atoms with Crippen LogP contribution in [0.4, 0.5) is 0 Å². The van der Waals surface area contributed by atoms with Crippen molar-refractivity contribution in [2.45, 2.75) is 39.2 Å². The number of nitriles is 1. The molecule has 1 saturated carbocycles. The van der Waals surface area contributed by atoms with Crippen LogP contribution in [0.1, 0.15) is 44.1 Å². The van der Waals surface area contributed by atoms with Gasteiger partial charge in [0.2, 0.25) is 5.76 Å². The van der Waals surface area contributed by atoms with Gasteiger partial charge in [-0.1, -0.05) is 19.8 Å². The average molecular weight is 232 g/mol. The summed E-state index contributed by atoms with van der Waals surface area (Å²) in [4.78, 5) is 0. The Kier molecular flexibility index (Phi) is 4.22. The van der Waals surface area contributed by atoms with E-state index < -0.39 is 0 Å². The van der Waals surface area contributed by atoms with Crippen molar-refractivity contribution in [1.82, 2.24) is 5.32 Å². The van der Waals surface area contributed by atoms with Crippen LogP contribution >= 0.6 is 0 Å². The first-order valence-corrected chi connectivity index (χ1v) is 6.47. The van der Waals surface area contributed by atoms with Crippen LogP contribution in [0.2, 0.25) is 0 Å². The van der Waals surface area contributed by atoms with E-state index in [0.29, 0.717) is 5.76 Å². The van der Waals surface area contributed by atoms with Crippen molar-refractivity contribution < 1.29 is 4.42 Å². The van der Waals surface area contributed by atoms with Crippen LogP contribution in [0.25, 0.3) is 0 Å². The van der Waals surface area contributed by atoms with Gasteiger partial charge in [0.25, 0.3) is 0 Å². The van der Waals surface area contributed by atoms with Gasteiger partial charge in [-0.25, -0.2) is 0 Å². The van der Waals surface area contributed by atoms with Crippen LogP contribution < -0.4 is 5.32 Å². The highest BCUT2D eigenvalue weighted by molar-refractivity contribution is 5.18. The van der Waals surface area contributed by atoms with Crippen molar-refractivity contribution in [3.63, 3.8) is 0 Å². The highest BCUT2D eigenvalue weighted by atomic mass is 16.3. The molecule has 3 heteroatoms. The zero-order chi connectivity index (χ0) is 12.1. The minimum absolute atomic E-state index is 0.397. The van der Waals surface area contributed by atoms with Crippen molar-refractivity contribution in [1.29, 1.82) is 5.26 Å². The smallest absolute Gasteiger partial charge is 0.203 e. The molecular weight excluding hydrogens is 212 g/mol. The zero-order valence-corrected chi connectivity index (χ0v) is 10.4. The normalized spacial score (nSPS) is 24.5. The zero-order valence-electron chi connectivity index (χ0n) is 10.4. The lowest BCUT2D eigenvalue weighted by atomic mass is 9.83. The molecule has 1 aliphatic rings. The molecule has 0 spiro atoms. The fourth-order valence-electron chi connectivity index (χ4n) is 2.47. The molecule has 92 valence electrons. The summed E-state index contributed by atoms with van der Waals surface area (Å²) in [6.07, 6.45) is 5.42. The topological polar surface area (TPSA) is 49.0 Å². The van der Waals surface area contributed by atoms with Gasteiger partial charge in [0.15, 0.2) is 0 Å². The first kappa shape index (κ1) is 12.2. The minimum Gasteiger partial charge on any atom is -0.449 e. The summed E-state index contributed by atoms with van der Waals surface area (Å²) in [5.74, 6) is 2.98. The van der Waals surface area contributed by atoms with Gasteiger partial charge in [0, 0.05) is 0 Å². The molecule has 1 N–H and O–H groups in total. The van der Waals surface area contributed by atoms with E-state index in [1.165, 1.54) is 25.7 Å². The fourth-order valence-corrected chi connectivity index (χ4v) is 2.47. The number of rotatable bonds is 4. The molecule has 0 aliphatic heterocycles. The first-order chi connectivity index (χ1) is 8.28. The molecule has 17 heavy (non-hydrogen) atoms. The predicted molar refractivity (Wildman–Crippen MR) is 66.3 cm³/mol. The molecule has 0 saturated heterocycles. The lowest BCUT2D eigenvalue weighted by molar-refractivity contribution is 0.279. The van der Waals surface area contributed by atoms with Crippen molar-refractivity contribution >= 4 is 0 Å². The quantitative estimate of drug-likeness (QED) is 0.868. The van der Waals surface area contributed by atoms with E-state index in [-0.39, 0.29) is 0 Å². The maximum atomic E-state index is 8.64. The largest absolute Gasteiger partial charge is 0.449 e. The first-order valence-electron chi connectivity index (χ1n) is 6.47. The summed E-state index contributed by atoms with van der Waals surface area (Å²) in [6, 6.07) is 5.59. The SMILES string of the molecule is CC1CCC(CNCc2ccc(C#N)o2)CC1. The summed E-state index contributed by atoms with van der Waals surface area (Å²) in [6.45, 7) is 4.14. The minimum atomic E-state index is 0.397. The van der Waals surface area contributed by atoms with Gasteiger partial charge in [0.05, 0.1) is 6.54 Å². The van der Waals surface area contributed by atoms with E-state index in [9.17, 15) is 0 Å².